The van der Waals surface area contributed by atoms with Gasteiger partial charge in [0.1, 0.15) is 5.75 Å². The zero-order valence-electron chi connectivity index (χ0n) is 13.5. The van der Waals surface area contributed by atoms with Crippen LogP contribution in [0.2, 0.25) is 0 Å². The second-order valence-electron chi connectivity index (χ2n) is 5.66. The van der Waals surface area contributed by atoms with Gasteiger partial charge in [-0.05, 0) is 31.2 Å². The summed E-state index contributed by atoms with van der Waals surface area (Å²) in [7, 11) is 0. The lowest BCUT2D eigenvalue weighted by molar-refractivity contribution is -0.892. The zero-order valence-corrected chi connectivity index (χ0v) is 13.5. The van der Waals surface area contributed by atoms with E-state index >= 15 is 0 Å². The average Bonchev–Trinajstić information content (AvgIpc) is 2.55. The van der Waals surface area contributed by atoms with Gasteiger partial charge in [0.2, 0.25) is 5.91 Å². The van der Waals surface area contributed by atoms with E-state index in [9.17, 15) is 14.7 Å². The molecule has 1 heterocycles. The first-order valence-corrected chi connectivity index (χ1v) is 7.99. The lowest BCUT2D eigenvalue weighted by atomic mass is 10.2. The summed E-state index contributed by atoms with van der Waals surface area (Å²) in [6.45, 7) is 6.32. The van der Waals surface area contributed by atoms with E-state index in [0.29, 0.717) is 13.1 Å². The Labute approximate surface area is 136 Å². The van der Waals surface area contributed by atoms with Gasteiger partial charge < -0.3 is 25.5 Å². The highest BCUT2D eigenvalue weighted by atomic mass is 16.3. The Morgan fingerprint density at radius 2 is 1.78 bits per heavy atom. The van der Waals surface area contributed by atoms with Crippen molar-refractivity contribution in [2.45, 2.75) is 6.92 Å². The Hall–Kier alpha value is -2.28. The molecule has 7 nitrogen and oxygen atoms in total. The first kappa shape index (κ1) is 17.1. The number of benzene rings is 1. The predicted molar refractivity (Wildman–Crippen MR) is 87.6 cm³/mol. The maximum atomic E-state index is 11.9. The molecule has 0 atom stereocenters. The summed E-state index contributed by atoms with van der Waals surface area (Å²) >= 11 is 0. The molecule has 2 rings (SSSR count). The number of anilines is 1. The summed E-state index contributed by atoms with van der Waals surface area (Å²) in [6, 6.07) is 7.17. The molecule has 1 saturated heterocycles. The predicted octanol–water partition coefficient (Wildman–Crippen LogP) is -1.65. The van der Waals surface area contributed by atoms with Crippen LogP contribution < -0.4 is 20.4 Å². The van der Waals surface area contributed by atoms with Crippen molar-refractivity contribution in [3.05, 3.63) is 24.3 Å². The van der Waals surface area contributed by atoms with E-state index in [2.05, 4.69) is 15.5 Å². The summed E-state index contributed by atoms with van der Waals surface area (Å²) in [5.74, 6) is 0.0131. The van der Waals surface area contributed by atoms with Crippen LogP contribution in [-0.4, -0.2) is 62.7 Å². The molecule has 0 bridgehead atoms. The number of quaternary nitrogens is 1. The molecule has 23 heavy (non-hydrogen) atoms. The van der Waals surface area contributed by atoms with Crippen molar-refractivity contribution in [2.24, 2.45) is 0 Å². The average molecular weight is 321 g/mol. The summed E-state index contributed by atoms with van der Waals surface area (Å²) in [5, 5.41) is 14.6. The zero-order chi connectivity index (χ0) is 16.7. The van der Waals surface area contributed by atoms with Crippen LogP contribution in [0.5, 0.6) is 5.75 Å². The number of carbonyl (C=O) groups excluding carboxylic acids is 2. The molecular weight excluding hydrogens is 296 g/mol. The number of phenols is 1. The molecule has 0 aliphatic carbocycles. The van der Waals surface area contributed by atoms with E-state index in [1.807, 2.05) is 19.1 Å². The lowest BCUT2D eigenvalue weighted by Gasteiger charge is -2.33. The second kappa shape index (κ2) is 8.38. The molecule has 7 heteroatoms. The number of hydrogen-bond acceptors (Lipinski definition) is 4. The van der Waals surface area contributed by atoms with Crippen LogP contribution in [0.15, 0.2) is 24.3 Å². The van der Waals surface area contributed by atoms with E-state index < -0.39 is 0 Å². The highest BCUT2D eigenvalue weighted by Gasteiger charge is 2.22. The fourth-order valence-corrected chi connectivity index (χ4v) is 2.65. The first-order chi connectivity index (χ1) is 11.1. The van der Waals surface area contributed by atoms with Crippen molar-refractivity contribution in [3.63, 3.8) is 0 Å². The normalized spacial score (nSPS) is 15.3. The molecule has 0 radical (unpaired) electrons. The van der Waals surface area contributed by atoms with Crippen LogP contribution in [0, 0.1) is 0 Å². The van der Waals surface area contributed by atoms with Crippen LogP contribution in [0.3, 0.4) is 0 Å². The van der Waals surface area contributed by atoms with Crippen LogP contribution in [0.4, 0.5) is 5.69 Å². The van der Waals surface area contributed by atoms with Gasteiger partial charge >= 0.3 is 0 Å². The van der Waals surface area contributed by atoms with Crippen LogP contribution in [-0.2, 0) is 9.59 Å². The molecule has 0 unspecified atom stereocenters. The second-order valence-corrected chi connectivity index (χ2v) is 5.66. The van der Waals surface area contributed by atoms with Crippen molar-refractivity contribution in [1.82, 2.24) is 10.6 Å². The quantitative estimate of drug-likeness (QED) is 0.506. The fourth-order valence-electron chi connectivity index (χ4n) is 2.65. The minimum absolute atomic E-state index is 0.0413. The number of hydrogen-bond donors (Lipinski definition) is 4. The Morgan fingerprint density at radius 1 is 1.13 bits per heavy atom. The van der Waals surface area contributed by atoms with Crippen molar-refractivity contribution in [1.29, 1.82) is 0 Å². The van der Waals surface area contributed by atoms with E-state index in [4.69, 9.17) is 0 Å². The number of piperazine rings is 1. The van der Waals surface area contributed by atoms with Gasteiger partial charge in [0.15, 0.2) is 6.54 Å². The smallest absolute Gasteiger partial charge is 0.275 e. The maximum absolute atomic E-state index is 11.9. The molecule has 1 fully saturated rings. The molecule has 4 N–H and O–H groups in total. The third-order valence-corrected chi connectivity index (χ3v) is 3.92. The van der Waals surface area contributed by atoms with Gasteiger partial charge in [0, 0.05) is 12.2 Å². The summed E-state index contributed by atoms with van der Waals surface area (Å²) in [4.78, 5) is 26.6. The molecule has 0 spiro atoms. The van der Waals surface area contributed by atoms with Crippen molar-refractivity contribution < 1.29 is 19.6 Å². The number of amides is 2. The maximum Gasteiger partial charge on any atom is 0.275 e. The topological polar surface area (TPSA) is 86.1 Å². The molecule has 0 aromatic heterocycles. The van der Waals surface area contributed by atoms with Gasteiger partial charge in [-0.2, -0.15) is 0 Å². The van der Waals surface area contributed by atoms with E-state index in [0.717, 1.165) is 31.9 Å². The van der Waals surface area contributed by atoms with Crippen LogP contribution >= 0.6 is 0 Å². The molecule has 0 saturated carbocycles. The summed E-state index contributed by atoms with van der Waals surface area (Å²) in [5.41, 5.74) is 1.09. The minimum Gasteiger partial charge on any atom is -0.508 e. The number of phenolic OH excluding ortho intramolecular Hbond substituents is 1. The molecular formula is C16H25N4O3+. The third-order valence-electron chi connectivity index (χ3n) is 3.92. The lowest BCUT2D eigenvalue weighted by Crippen LogP contribution is -3.16. The van der Waals surface area contributed by atoms with Gasteiger partial charge in [-0.1, -0.05) is 0 Å². The number of likely N-dealkylation sites (N-methyl/N-ethyl adjacent to an activating group) is 1. The number of carbonyl (C=O) groups is 2. The van der Waals surface area contributed by atoms with E-state index in [1.165, 1.54) is 4.90 Å². The van der Waals surface area contributed by atoms with Crippen molar-refractivity contribution >= 4 is 17.5 Å². The largest absolute Gasteiger partial charge is 0.508 e. The summed E-state index contributed by atoms with van der Waals surface area (Å²) < 4.78 is 0. The van der Waals surface area contributed by atoms with Crippen molar-refractivity contribution in [3.8, 4) is 5.75 Å². The third kappa shape index (κ3) is 5.45. The molecule has 1 aliphatic rings. The SMILES string of the molecule is CCNC(=O)CNC(=O)C[NH+]1CCN(c2ccc(O)cc2)CC1. The monoisotopic (exact) mass is 321 g/mol. The van der Waals surface area contributed by atoms with Gasteiger partial charge in [-0.15, -0.1) is 0 Å². The van der Waals surface area contributed by atoms with Gasteiger partial charge in [0.25, 0.3) is 5.91 Å². The Kier molecular flexibility index (Phi) is 6.22. The standard InChI is InChI=1S/C16H24N4O3/c1-2-17-15(22)11-18-16(23)12-19-7-9-20(10-8-19)13-3-5-14(21)6-4-13/h3-6,21H,2,7-12H2,1H3,(H,17,22)(H,18,23)/p+1. The first-order valence-electron chi connectivity index (χ1n) is 7.99. The number of nitrogens with zero attached hydrogens (tertiary/aromatic N) is 1. The van der Waals surface area contributed by atoms with Crippen LogP contribution in [0.25, 0.3) is 0 Å². The highest BCUT2D eigenvalue weighted by molar-refractivity contribution is 5.84. The fraction of sp³-hybridized carbons (Fsp3) is 0.500. The van der Waals surface area contributed by atoms with Gasteiger partial charge in [-0.25, -0.2) is 0 Å². The molecule has 1 aromatic rings. The van der Waals surface area contributed by atoms with Crippen molar-refractivity contribution in [2.75, 3.05) is 50.7 Å². The number of aromatic hydroxyl groups is 1. The van der Waals surface area contributed by atoms with E-state index in [1.54, 1.807) is 12.1 Å². The molecule has 1 aliphatic heterocycles. The number of rotatable bonds is 6. The Morgan fingerprint density at radius 3 is 2.39 bits per heavy atom. The molecule has 126 valence electrons. The van der Waals surface area contributed by atoms with Gasteiger partial charge in [-0.3, -0.25) is 9.59 Å². The summed E-state index contributed by atoms with van der Waals surface area (Å²) in [6.07, 6.45) is 0. The van der Waals surface area contributed by atoms with E-state index in [-0.39, 0.29) is 24.1 Å². The van der Waals surface area contributed by atoms with Gasteiger partial charge in [0.05, 0.1) is 32.7 Å². The molecule has 1 aromatic carbocycles. The Bertz CT molecular complexity index is 525. The molecule has 2 amide bonds. The highest BCUT2D eigenvalue weighted by Crippen LogP contribution is 2.17. The van der Waals surface area contributed by atoms with Crippen LogP contribution in [0.1, 0.15) is 6.92 Å². The minimum atomic E-state index is -0.159. The number of nitrogens with one attached hydrogen (secondary N) is 3. The Balaban J connectivity index is 1.71.